The van der Waals surface area contributed by atoms with Gasteiger partial charge in [0.05, 0.1) is 0 Å². The zero-order valence-corrected chi connectivity index (χ0v) is 19.9. The standard InChI is InChI=1S/C26H32N4OS/c1-20-10-12-23(13-11-20)30-24(19-22-7-4-3-5-8-22)27-28-26(30)32-18-6-9-25(31)29-16-14-21(2)15-17-29/h3-5,7-8,10-13,21H,6,9,14-19H2,1-2H3. The molecule has 0 unspecified atom stereocenters. The predicted molar refractivity (Wildman–Crippen MR) is 130 cm³/mol. The third-order valence-corrected chi connectivity index (χ3v) is 7.12. The molecule has 2 heterocycles. The van der Waals surface area contributed by atoms with Crippen LogP contribution < -0.4 is 0 Å². The first kappa shape index (κ1) is 22.6. The summed E-state index contributed by atoms with van der Waals surface area (Å²) in [6, 6.07) is 18.9. The van der Waals surface area contributed by atoms with Crippen LogP contribution in [0, 0.1) is 12.8 Å². The number of hydrogen-bond acceptors (Lipinski definition) is 4. The Bertz CT molecular complexity index is 1010. The number of rotatable bonds is 8. The van der Waals surface area contributed by atoms with Crippen LogP contribution in [0.1, 0.15) is 49.6 Å². The lowest BCUT2D eigenvalue weighted by Crippen LogP contribution is -2.37. The normalized spacial score (nSPS) is 14.6. The van der Waals surface area contributed by atoms with Crippen molar-refractivity contribution in [1.82, 2.24) is 19.7 Å². The molecule has 0 atom stereocenters. The average molecular weight is 449 g/mol. The van der Waals surface area contributed by atoms with Crippen LogP contribution in [0.2, 0.25) is 0 Å². The van der Waals surface area contributed by atoms with Gasteiger partial charge in [0, 0.05) is 37.4 Å². The van der Waals surface area contributed by atoms with Gasteiger partial charge >= 0.3 is 0 Å². The average Bonchev–Trinajstić information content (AvgIpc) is 3.20. The zero-order chi connectivity index (χ0) is 22.3. The second kappa shape index (κ2) is 10.8. The van der Waals surface area contributed by atoms with Gasteiger partial charge < -0.3 is 4.90 Å². The SMILES string of the molecule is Cc1ccc(-n2c(Cc3ccccc3)nnc2SCCCC(=O)N2CCC(C)CC2)cc1. The van der Waals surface area contributed by atoms with Crippen molar-refractivity contribution >= 4 is 17.7 Å². The van der Waals surface area contributed by atoms with Gasteiger partial charge in [-0.15, -0.1) is 10.2 Å². The summed E-state index contributed by atoms with van der Waals surface area (Å²) in [6.45, 7) is 6.20. The second-order valence-electron chi connectivity index (χ2n) is 8.75. The minimum absolute atomic E-state index is 0.294. The molecule has 0 N–H and O–H groups in total. The summed E-state index contributed by atoms with van der Waals surface area (Å²) in [5.74, 6) is 2.82. The summed E-state index contributed by atoms with van der Waals surface area (Å²) in [5, 5.41) is 9.92. The van der Waals surface area contributed by atoms with E-state index in [1.807, 2.05) is 11.0 Å². The van der Waals surface area contributed by atoms with E-state index in [1.165, 1.54) is 11.1 Å². The number of nitrogens with zero attached hydrogens (tertiary/aromatic N) is 4. The van der Waals surface area contributed by atoms with Gasteiger partial charge in [0.1, 0.15) is 5.82 Å². The van der Waals surface area contributed by atoms with Crippen molar-refractivity contribution in [1.29, 1.82) is 0 Å². The Morgan fingerprint density at radius 3 is 2.47 bits per heavy atom. The van der Waals surface area contributed by atoms with E-state index in [4.69, 9.17) is 0 Å². The van der Waals surface area contributed by atoms with Crippen LogP contribution in [0.25, 0.3) is 5.69 Å². The Morgan fingerprint density at radius 1 is 1.03 bits per heavy atom. The van der Waals surface area contributed by atoms with Crippen LogP contribution in [0.5, 0.6) is 0 Å². The molecule has 1 saturated heterocycles. The molecule has 168 valence electrons. The van der Waals surface area contributed by atoms with E-state index in [0.717, 1.165) is 67.1 Å². The highest BCUT2D eigenvalue weighted by molar-refractivity contribution is 7.99. The van der Waals surface area contributed by atoms with Crippen LogP contribution in [0.3, 0.4) is 0 Å². The van der Waals surface area contributed by atoms with Gasteiger partial charge in [-0.2, -0.15) is 0 Å². The molecular formula is C26H32N4OS. The van der Waals surface area contributed by atoms with Crippen LogP contribution in [0.4, 0.5) is 0 Å². The molecule has 1 aliphatic rings. The summed E-state index contributed by atoms with van der Waals surface area (Å²) in [4.78, 5) is 14.6. The molecule has 1 aromatic heterocycles. The van der Waals surface area contributed by atoms with Gasteiger partial charge in [-0.1, -0.05) is 66.7 Å². The molecule has 0 bridgehead atoms. The molecule has 32 heavy (non-hydrogen) atoms. The van der Waals surface area contributed by atoms with Crippen molar-refractivity contribution in [3.8, 4) is 5.69 Å². The number of hydrogen-bond donors (Lipinski definition) is 0. The number of aryl methyl sites for hydroxylation is 1. The first-order chi connectivity index (χ1) is 15.6. The third kappa shape index (κ3) is 5.80. The Morgan fingerprint density at radius 2 is 1.75 bits per heavy atom. The number of aromatic nitrogens is 3. The Kier molecular flexibility index (Phi) is 7.63. The van der Waals surface area contributed by atoms with Gasteiger partial charge in [-0.05, 0) is 49.8 Å². The van der Waals surface area contributed by atoms with E-state index in [9.17, 15) is 4.79 Å². The van der Waals surface area contributed by atoms with Crippen molar-refractivity contribution in [2.45, 2.75) is 51.1 Å². The van der Waals surface area contributed by atoms with Gasteiger partial charge in [-0.3, -0.25) is 9.36 Å². The number of carbonyl (C=O) groups excluding carboxylic acids is 1. The van der Waals surface area contributed by atoms with Crippen molar-refractivity contribution in [3.05, 3.63) is 71.5 Å². The molecule has 1 amide bonds. The lowest BCUT2D eigenvalue weighted by atomic mass is 9.99. The van der Waals surface area contributed by atoms with E-state index in [1.54, 1.807) is 11.8 Å². The highest BCUT2D eigenvalue weighted by atomic mass is 32.2. The number of amides is 1. The molecule has 1 aliphatic heterocycles. The van der Waals surface area contributed by atoms with Crippen LogP contribution in [-0.2, 0) is 11.2 Å². The number of thioether (sulfide) groups is 1. The minimum atomic E-state index is 0.294. The van der Waals surface area contributed by atoms with Crippen LogP contribution in [-0.4, -0.2) is 44.4 Å². The van der Waals surface area contributed by atoms with E-state index in [0.29, 0.717) is 12.3 Å². The van der Waals surface area contributed by atoms with E-state index >= 15 is 0 Å². The van der Waals surface area contributed by atoms with E-state index < -0.39 is 0 Å². The fourth-order valence-electron chi connectivity index (χ4n) is 4.04. The quantitative estimate of drug-likeness (QED) is 0.347. The van der Waals surface area contributed by atoms with Crippen molar-refractivity contribution in [2.24, 2.45) is 5.92 Å². The number of carbonyl (C=O) groups is 1. The third-order valence-electron chi connectivity index (χ3n) is 6.10. The molecule has 6 heteroatoms. The van der Waals surface area contributed by atoms with Crippen LogP contribution in [0.15, 0.2) is 59.8 Å². The fourth-order valence-corrected chi connectivity index (χ4v) is 4.95. The summed E-state index contributed by atoms with van der Waals surface area (Å²) >= 11 is 1.69. The smallest absolute Gasteiger partial charge is 0.222 e. The summed E-state index contributed by atoms with van der Waals surface area (Å²) in [5.41, 5.74) is 3.52. The summed E-state index contributed by atoms with van der Waals surface area (Å²) < 4.78 is 2.16. The molecule has 4 rings (SSSR count). The van der Waals surface area contributed by atoms with Gasteiger partial charge in [-0.25, -0.2) is 0 Å². The maximum Gasteiger partial charge on any atom is 0.222 e. The lowest BCUT2D eigenvalue weighted by Gasteiger charge is -2.30. The van der Waals surface area contributed by atoms with Crippen LogP contribution >= 0.6 is 11.8 Å². The second-order valence-corrected chi connectivity index (χ2v) is 9.81. The van der Waals surface area contributed by atoms with Gasteiger partial charge in [0.25, 0.3) is 0 Å². The first-order valence-electron chi connectivity index (χ1n) is 11.6. The molecule has 0 aliphatic carbocycles. The monoisotopic (exact) mass is 448 g/mol. The topological polar surface area (TPSA) is 51.0 Å². The molecule has 0 spiro atoms. The molecule has 2 aromatic carbocycles. The van der Waals surface area contributed by atoms with Gasteiger partial charge in [0.15, 0.2) is 5.16 Å². The highest BCUT2D eigenvalue weighted by Crippen LogP contribution is 2.25. The largest absolute Gasteiger partial charge is 0.343 e. The van der Waals surface area contributed by atoms with E-state index in [-0.39, 0.29) is 0 Å². The molecular weight excluding hydrogens is 416 g/mol. The molecule has 3 aromatic rings. The van der Waals surface area contributed by atoms with Crippen molar-refractivity contribution in [3.63, 3.8) is 0 Å². The summed E-state index contributed by atoms with van der Waals surface area (Å²) in [6.07, 6.45) is 4.45. The molecule has 0 radical (unpaired) electrons. The maximum atomic E-state index is 12.5. The molecule has 5 nitrogen and oxygen atoms in total. The molecule has 0 saturated carbocycles. The lowest BCUT2D eigenvalue weighted by molar-refractivity contribution is -0.132. The Labute approximate surface area is 195 Å². The Hall–Kier alpha value is -2.60. The Balaban J connectivity index is 1.41. The van der Waals surface area contributed by atoms with Gasteiger partial charge in [0.2, 0.25) is 5.91 Å². The number of benzene rings is 2. The number of likely N-dealkylation sites (tertiary alicyclic amines) is 1. The first-order valence-corrected chi connectivity index (χ1v) is 12.5. The highest BCUT2D eigenvalue weighted by Gasteiger charge is 2.20. The van der Waals surface area contributed by atoms with E-state index in [2.05, 4.69) is 77.1 Å². The maximum absolute atomic E-state index is 12.5. The summed E-state index contributed by atoms with van der Waals surface area (Å²) in [7, 11) is 0. The van der Waals surface area contributed by atoms with Crippen molar-refractivity contribution in [2.75, 3.05) is 18.8 Å². The predicted octanol–water partition coefficient (Wildman–Crippen LogP) is 5.30. The molecule has 1 fully saturated rings. The minimum Gasteiger partial charge on any atom is -0.343 e. The number of piperidine rings is 1. The zero-order valence-electron chi connectivity index (χ0n) is 19.0. The fraction of sp³-hybridized carbons (Fsp3) is 0.423. The van der Waals surface area contributed by atoms with Crippen molar-refractivity contribution < 1.29 is 4.79 Å².